The molecule has 0 aliphatic carbocycles. The molecule has 294 valence electrons. The Labute approximate surface area is 366 Å². The molecule has 4 heteroatoms. The maximum atomic E-state index is 11.4. The van der Waals surface area contributed by atoms with Gasteiger partial charge >= 0.3 is 0 Å². The summed E-state index contributed by atoms with van der Waals surface area (Å²) in [5.41, 5.74) is 9.06. The Bertz CT molecular complexity index is 3300. The van der Waals surface area contributed by atoms with Crippen molar-refractivity contribution in [1.82, 2.24) is 14.5 Å². The highest BCUT2D eigenvalue weighted by Gasteiger charge is 2.24. The first-order chi connectivity index (χ1) is 32.7. The van der Waals surface area contributed by atoms with E-state index in [9.17, 15) is 5.11 Å². The fourth-order valence-electron chi connectivity index (χ4n) is 7.87. The number of nitrogens with zero attached hydrogens (tertiary/aromatic N) is 3. The van der Waals surface area contributed by atoms with Gasteiger partial charge in [-0.05, 0) is 116 Å². The van der Waals surface area contributed by atoms with E-state index in [1.165, 1.54) is 17.7 Å². The molecule has 0 spiro atoms. The van der Waals surface area contributed by atoms with E-state index in [2.05, 4.69) is 79.9 Å². The second kappa shape index (κ2) is 15.3. The second-order valence-corrected chi connectivity index (χ2v) is 16.2. The van der Waals surface area contributed by atoms with Crippen molar-refractivity contribution in [2.24, 2.45) is 0 Å². The Morgan fingerprint density at radius 2 is 1.12 bits per heavy atom. The summed E-state index contributed by atoms with van der Waals surface area (Å²) in [5.74, 6) is 0.674. The molecule has 0 bridgehead atoms. The Morgan fingerprint density at radius 3 is 1.83 bits per heavy atom. The monoisotopic (exact) mass is 788 g/mol. The predicted molar refractivity (Wildman–Crippen MR) is 251 cm³/mol. The number of benzene rings is 7. The second-order valence-electron chi connectivity index (χ2n) is 16.2. The van der Waals surface area contributed by atoms with Crippen molar-refractivity contribution in [3.63, 3.8) is 0 Å². The van der Waals surface area contributed by atoms with Gasteiger partial charge in [-0.2, -0.15) is 0 Å². The van der Waals surface area contributed by atoms with Gasteiger partial charge in [0, 0.05) is 35.2 Å². The van der Waals surface area contributed by atoms with Gasteiger partial charge < -0.3 is 5.11 Å². The van der Waals surface area contributed by atoms with E-state index >= 15 is 0 Å². The third kappa shape index (κ3) is 7.42. The minimum Gasteiger partial charge on any atom is -0.507 e. The minimum atomic E-state index is -3.37. The lowest BCUT2D eigenvalue weighted by Crippen LogP contribution is -2.12. The van der Waals surface area contributed by atoms with Gasteiger partial charge in [-0.15, -0.1) is 0 Å². The van der Waals surface area contributed by atoms with Crippen LogP contribution in [-0.4, -0.2) is 19.6 Å². The lowest BCUT2D eigenvalue weighted by atomic mass is 9.85. The maximum absolute atomic E-state index is 11.4. The van der Waals surface area contributed by atoms with E-state index < -0.39 is 26.0 Å². The topological polar surface area (TPSA) is 50.9 Å². The molecule has 0 saturated carbocycles. The number of aromatic nitrogens is 3. The van der Waals surface area contributed by atoms with Crippen molar-refractivity contribution < 1.29 is 17.4 Å². The van der Waals surface area contributed by atoms with Crippen LogP contribution in [0.3, 0.4) is 0 Å². The molecule has 9 rings (SSSR count). The molecule has 0 amide bonds. The molecule has 0 aliphatic heterocycles. The van der Waals surface area contributed by atoms with Crippen LogP contribution >= 0.6 is 0 Å². The Morgan fingerprint density at radius 1 is 0.483 bits per heavy atom. The van der Waals surface area contributed by atoms with Crippen molar-refractivity contribution in [3.8, 4) is 78.6 Å². The van der Waals surface area contributed by atoms with Crippen molar-refractivity contribution >= 4 is 11.0 Å². The molecule has 2 aromatic heterocycles. The Hall–Kier alpha value is -7.04. The largest absolute Gasteiger partial charge is 0.507 e. The molecule has 0 atom stereocenters. The van der Waals surface area contributed by atoms with Gasteiger partial charge in [-0.25, -0.2) is 4.98 Å². The average molecular weight is 789 g/mol. The van der Waals surface area contributed by atoms with Crippen LogP contribution in [0.1, 0.15) is 64.8 Å². The van der Waals surface area contributed by atoms with Crippen LogP contribution in [0, 0.1) is 0 Å². The first kappa shape index (κ1) is 29.2. The summed E-state index contributed by atoms with van der Waals surface area (Å²) in [7, 11) is 0. The van der Waals surface area contributed by atoms with E-state index in [4.69, 9.17) is 22.3 Å². The quantitative estimate of drug-likeness (QED) is 0.175. The molecule has 4 nitrogen and oxygen atoms in total. The molecule has 0 fully saturated rings. The summed E-state index contributed by atoms with van der Waals surface area (Å²) in [6.07, 6.45) is 1.67. The van der Waals surface area contributed by atoms with E-state index in [1.54, 1.807) is 36.5 Å². The fraction of sp³-hybridized carbons (Fsp3) is 0.143. The number of phenols is 1. The molecule has 0 radical (unpaired) electrons. The standard InChI is InChI=1S/C56H49N3O/c1-55(2,3)44-26-24-38(25-27-44)40-30-31-57-49(35-40)43-33-41(37-16-9-7-10-17-37)32-42(34-43)46-21-15-22-51-53(46)58-54(47-20-13-14-23-52(47)60)59(51)50-29-28-45(56(4,5)6)36-48(50)39-18-11-8-12-19-39/h7-36,60H,1-6H3/i1D3,2D3,3D3. The van der Waals surface area contributed by atoms with Gasteiger partial charge in [0.05, 0.1) is 28.0 Å². The zero-order valence-corrected chi connectivity index (χ0v) is 33.6. The lowest BCUT2D eigenvalue weighted by Gasteiger charge is -2.23. The van der Waals surface area contributed by atoms with Gasteiger partial charge in [-0.1, -0.05) is 157 Å². The number of aromatic hydroxyl groups is 1. The summed E-state index contributed by atoms with van der Waals surface area (Å²) in [4.78, 5) is 10.2. The summed E-state index contributed by atoms with van der Waals surface area (Å²) < 4.78 is 75.8. The molecule has 1 N–H and O–H groups in total. The SMILES string of the molecule is [2H]C([2H])([2H])C(c1ccc(-c2ccnc(-c3cc(-c4ccccc4)cc(-c4cccc5c4nc(-c4ccccc4O)n5-c4ccc(C(C)(C)C)cc4-c4ccccc4)c3)c2)cc1)(C([2H])([2H])[2H])C([2H])([2H])[2H]. The van der Waals surface area contributed by atoms with Crippen molar-refractivity contribution in [2.75, 3.05) is 0 Å². The summed E-state index contributed by atoms with van der Waals surface area (Å²) in [6.45, 7) is -3.50. The van der Waals surface area contributed by atoms with E-state index in [1.807, 2.05) is 78.9 Å². The number of pyridine rings is 1. The molecule has 2 heterocycles. The van der Waals surface area contributed by atoms with Crippen LogP contribution < -0.4 is 0 Å². The van der Waals surface area contributed by atoms with Gasteiger partial charge in [0.2, 0.25) is 0 Å². The molecule has 0 unspecified atom stereocenters. The number of hydrogen-bond acceptors (Lipinski definition) is 3. The highest BCUT2D eigenvalue weighted by molar-refractivity contribution is 5.98. The van der Waals surface area contributed by atoms with Crippen LogP contribution in [0.2, 0.25) is 0 Å². The molecule has 7 aromatic carbocycles. The van der Waals surface area contributed by atoms with E-state index in [-0.39, 0.29) is 16.7 Å². The Kier molecular flexibility index (Phi) is 7.44. The number of hydrogen-bond donors (Lipinski definition) is 1. The van der Waals surface area contributed by atoms with E-state index in [0.29, 0.717) is 28.2 Å². The summed E-state index contributed by atoms with van der Waals surface area (Å²) >= 11 is 0. The van der Waals surface area contributed by atoms with Gasteiger partial charge in [0.25, 0.3) is 0 Å². The van der Waals surface area contributed by atoms with Crippen LogP contribution in [0.5, 0.6) is 5.75 Å². The van der Waals surface area contributed by atoms with Gasteiger partial charge in [-0.3, -0.25) is 9.55 Å². The zero-order valence-electron chi connectivity index (χ0n) is 42.6. The molecular weight excluding hydrogens is 731 g/mol. The van der Waals surface area contributed by atoms with Crippen LogP contribution in [-0.2, 0) is 10.8 Å². The Balaban J connectivity index is 1.23. The van der Waals surface area contributed by atoms with Crippen molar-refractivity contribution in [1.29, 1.82) is 0 Å². The van der Waals surface area contributed by atoms with Crippen LogP contribution in [0.25, 0.3) is 83.9 Å². The maximum Gasteiger partial charge on any atom is 0.149 e. The molecule has 9 aromatic rings. The third-order valence-corrected chi connectivity index (χ3v) is 11.1. The summed E-state index contributed by atoms with van der Waals surface area (Å²) in [6, 6.07) is 55.9. The van der Waals surface area contributed by atoms with Crippen molar-refractivity contribution in [3.05, 3.63) is 193 Å². The highest BCUT2D eigenvalue weighted by Crippen LogP contribution is 2.42. The molecular formula is C56H49N3O. The zero-order chi connectivity index (χ0) is 49.1. The summed E-state index contributed by atoms with van der Waals surface area (Å²) in [5, 5.41) is 11.4. The molecule has 60 heavy (non-hydrogen) atoms. The smallest absolute Gasteiger partial charge is 0.149 e. The number of rotatable bonds is 7. The number of fused-ring (bicyclic) bond motifs is 1. The van der Waals surface area contributed by atoms with Crippen molar-refractivity contribution in [2.45, 2.75) is 52.2 Å². The molecule has 0 saturated heterocycles. The first-order valence-corrected chi connectivity index (χ1v) is 20.0. The minimum absolute atomic E-state index is 0.100. The highest BCUT2D eigenvalue weighted by atomic mass is 16.3. The van der Waals surface area contributed by atoms with E-state index in [0.717, 1.165) is 55.7 Å². The lowest BCUT2D eigenvalue weighted by molar-refractivity contribution is 0.477. The van der Waals surface area contributed by atoms with Gasteiger partial charge in [0.1, 0.15) is 11.6 Å². The van der Waals surface area contributed by atoms with Crippen LogP contribution in [0.4, 0.5) is 0 Å². The average Bonchev–Trinajstić information content (AvgIpc) is 3.70. The fourth-order valence-corrected chi connectivity index (χ4v) is 7.87. The molecule has 0 aliphatic rings. The van der Waals surface area contributed by atoms with Crippen LogP contribution in [0.15, 0.2) is 182 Å². The number of phenolic OH excluding ortho intramolecular Hbond substituents is 1. The first-order valence-electron chi connectivity index (χ1n) is 24.5. The number of para-hydroxylation sites is 2. The normalized spacial score (nSPS) is 14.8. The number of imidazole rings is 1. The predicted octanol–water partition coefficient (Wildman–Crippen LogP) is 14.7. The third-order valence-electron chi connectivity index (χ3n) is 11.1. The van der Waals surface area contributed by atoms with Gasteiger partial charge in [0.15, 0.2) is 0 Å².